The topological polar surface area (TPSA) is 21.3 Å². The van der Waals surface area contributed by atoms with Crippen molar-refractivity contribution in [2.75, 3.05) is 13.7 Å². The van der Waals surface area contributed by atoms with Crippen molar-refractivity contribution in [3.05, 3.63) is 71.8 Å². The Hall–Kier alpha value is -1.64. The molecule has 0 aliphatic heterocycles. The van der Waals surface area contributed by atoms with E-state index in [2.05, 4.69) is 41.7 Å². The van der Waals surface area contributed by atoms with Crippen LogP contribution in [0.25, 0.3) is 0 Å². The SMILES string of the molecule is COC(CNCc1ccccc1)c1ccccc1. The van der Waals surface area contributed by atoms with Crippen molar-refractivity contribution in [3.8, 4) is 0 Å². The van der Waals surface area contributed by atoms with Gasteiger partial charge in [0.15, 0.2) is 0 Å². The van der Waals surface area contributed by atoms with E-state index < -0.39 is 0 Å². The molecule has 1 atom stereocenters. The van der Waals surface area contributed by atoms with E-state index in [0.717, 1.165) is 13.1 Å². The van der Waals surface area contributed by atoms with Crippen LogP contribution in [0.1, 0.15) is 17.2 Å². The molecule has 0 aliphatic rings. The second-order valence-corrected chi connectivity index (χ2v) is 4.25. The van der Waals surface area contributed by atoms with Crippen LogP contribution in [0, 0.1) is 0 Å². The molecule has 2 nitrogen and oxygen atoms in total. The van der Waals surface area contributed by atoms with Crippen molar-refractivity contribution in [3.63, 3.8) is 0 Å². The van der Waals surface area contributed by atoms with Crippen LogP contribution in [0.3, 0.4) is 0 Å². The monoisotopic (exact) mass is 241 g/mol. The second-order valence-electron chi connectivity index (χ2n) is 4.25. The molecule has 2 aromatic carbocycles. The molecule has 0 fully saturated rings. The van der Waals surface area contributed by atoms with Crippen LogP contribution in [0.15, 0.2) is 60.7 Å². The van der Waals surface area contributed by atoms with E-state index in [0.29, 0.717) is 0 Å². The number of ether oxygens (including phenoxy) is 1. The summed E-state index contributed by atoms with van der Waals surface area (Å²) in [6.07, 6.45) is 0.106. The van der Waals surface area contributed by atoms with E-state index in [1.54, 1.807) is 7.11 Å². The third-order valence-corrected chi connectivity index (χ3v) is 2.96. The van der Waals surface area contributed by atoms with E-state index in [4.69, 9.17) is 4.74 Å². The molecule has 0 spiro atoms. The summed E-state index contributed by atoms with van der Waals surface area (Å²) in [5, 5.41) is 3.43. The highest BCUT2D eigenvalue weighted by Crippen LogP contribution is 2.14. The number of methoxy groups -OCH3 is 1. The van der Waals surface area contributed by atoms with Gasteiger partial charge < -0.3 is 10.1 Å². The second kappa shape index (κ2) is 6.94. The van der Waals surface area contributed by atoms with Gasteiger partial charge in [-0.25, -0.2) is 0 Å². The van der Waals surface area contributed by atoms with E-state index in [-0.39, 0.29) is 6.10 Å². The van der Waals surface area contributed by atoms with Crippen LogP contribution in [-0.2, 0) is 11.3 Å². The van der Waals surface area contributed by atoms with Gasteiger partial charge in [0.2, 0.25) is 0 Å². The zero-order valence-corrected chi connectivity index (χ0v) is 10.7. The number of benzene rings is 2. The maximum absolute atomic E-state index is 5.51. The van der Waals surface area contributed by atoms with Crippen LogP contribution in [0.5, 0.6) is 0 Å². The minimum absolute atomic E-state index is 0.106. The van der Waals surface area contributed by atoms with Crippen LogP contribution in [0.4, 0.5) is 0 Å². The largest absolute Gasteiger partial charge is 0.375 e. The lowest BCUT2D eigenvalue weighted by molar-refractivity contribution is 0.102. The van der Waals surface area contributed by atoms with Gasteiger partial charge in [0.1, 0.15) is 0 Å². The first-order valence-electron chi connectivity index (χ1n) is 6.22. The van der Waals surface area contributed by atoms with Gasteiger partial charge in [0.25, 0.3) is 0 Å². The Bertz CT molecular complexity index is 441. The molecular weight excluding hydrogens is 222 g/mol. The highest BCUT2D eigenvalue weighted by Gasteiger charge is 2.08. The van der Waals surface area contributed by atoms with E-state index in [1.165, 1.54) is 11.1 Å². The summed E-state index contributed by atoms with van der Waals surface area (Å²) in [5.74, 6) is 0. The summed E-state index contributed by atoms with van der Waals surface area (Å²) in [6.45, 7) is 1.68. The molecule has 0 saturated carbocycles. The van der Waals surface area contributed by atoms with Crippen LogP contribution in [-0.4, -0.2) is 13.7 Å². The van der Waals surface area contributed by atoms with Crippen LogP contribution >= 0.6 is 0 Å². The summed E-state index contributed by atoms with van der Waals surface area (Å²) in [5.41, 5.74) is 2.50. The Morgan fingerprint density at radius 2 is 1.56 bits per heavy atom. The number of hydrogen-bond donors (Lipinski definition) is 1. The third kappa shape index (κ3) is 3.69. The standard InChI is InChI=1S/C16H19NO/c1-18-16(15-10-6-3-7-11-15)13-17-12-14-8-4-2-5-9-14/h2-11,16-17H,12-13H2,1H3. The van der Waals surface area contributed by atoms with Crippen molar-refractivity contribution in [2.45, 2.75) is 12.6 Å². The summed E-state index contributed by atoms with van der Waals surface area (Å²) in [7, 11) is 1.75. The first kappa shape index (κ1) is 12.8. The Balaban J connectivity index is 1.85. The number of rotatable bonds is 6. The molecule has 1 unspecified atom stereocenters. The first-order valence-corrected chi connectivity index (χ1v) is 6.22. The van der Waals surface area contributed by atoms with Crippen molar-refractivity contribution in [1.82, 2.24) is 5.32 Å². The molecule has 0 aromatic heterocycles. The average molecular weight is 241 g/mol. The van der Waals surface area contributed by atoms with E-state index >= 15 is 0 Å². The highest BCUT2D eigenvalue weighted by molar-refractivity contribution is 5.18. The maximum Gasteiger partial charge on any atom is 0.0945 e. The van der Waals surface area contributed by atoms with Gasteiger partial charge in [-0.2, -0.15) is 0 Å². The molecule has 0 heterocycles. The minimum Gasteiger partial charge on any atom is -0.375 e. The Morgan fingerprint density at radius 1 is 0.944 bits per heavy atom. The lowest BCUT2D eigenvalue weighted by Gasteiger charge is -2.16. The van der Waals surface area contributed by atoms with Gasteiger partial charge in [-0.1, -0.05) is 60.7 Å². The molecule has 94 valence electrons. The summed E-state index contributed by atoms with van der Waals surface area (Å²) in [6, 6.07) is 20.7. The lowest BCUT2D eigenvalue weighted by atomic mass is 10.1. The predicted octanol–water partition coefficient (Wildman–Crippen LogP) is 3.16. The van der Waals surface area contributed by atoms with Crippen molar-refractivity contribution >= 4 is 0 Å². The molecule has 0 aliphatic carbocycles. The number of hydrogen-bond acceptors (Lipinski definition) is 2. The summed E-state index contributed by atoms with van der Waals surface area (Å²) >= 11 is 0. The van der Waals surface area contributed by atoms with E-state index in [9.17, 15) is 0 Å². The number of nitrogens with one attached hydrogen (secondary N) is 1. The van der Waals surface area contributed by atoms with Crippen molar-refractivity contribution < 1.29 is 4.74 Å². The van der Waals surface area contributed by atoms with Gasteiger partial charge in [-0.3, -0.25) is 0 Å². The summed E-state index contributed by atoms with van der Waals surface area (Å²) < 4.78 is 5.51. The summed E-state index contributed by atoms with van der Waals surface area (Å²) in [4.78, 5) is 0. The fourth-order valence-electron chi connectivity index (χ4n) is 1.95. The quantitative estimate of drug-likeness (QED) is 0.838. The smallest absolute Gasteiger partial charge is 0.0945 e. The molecule has 2 aromatic rings. The van der Waals surface area contributed by atoms with E-state index in [1.807, 2.05) is 24.3 Å². The normalized spacial score (nSPS) is 12.3. The average Bonchev–Trinajstić information content (AvgIpc) is 2.46. The molecule has 0 amide bonds. The van der Waals surface area contributed by atoms with Crippen LogP contribution < -0.4 is 5.32 Å². The van der Waals surface area contributed by atoms with Crippen molar-refractivity contribution in [2.24, 2.45) is 0 Å². The molecular formula is C16H19NO. The van der Waals surface area contributed by atoms with Gasteiger partial charge in [-0.05, 0) is 11.1 Å². The third-order valence-electron chi connectivity index (χ3n) is 2.96. The molecule has 2 rings (SSSR count). The van der Waals surface area contributed by atoms with Gasteiger partial charge in [0.05, 0.1) is 6.10 Å². The van der Waals surface area contributed by atoms with Crippen LogP contribution in [0.2, 0.25) is 0 Å². The van der Waals surface area contributed by atoms with Gasteiger partial charge in [0, 0.05) is 20.2 Å². The molecule has 0 bridgehead atoms. The Labute approximate surface area is 109 Å². The molecule has 18 heavy (non-hydrogen) atoms. The zero-order valence-electron chi connectivity index (χ0n) is 10.7. The lowest BCUT2D eigenvalue weighted by Crippen LogP contribution is -2.22. The predicted molar refractivity (Wildman–Crippen MR) is 74.3 cm³/mol. The first-order chi connectivity index (χ1) is 8.90. The van der Waals surface area contributed by atoms with Gasteiger partial charge >= 0.3 is 0 Å². The minimum atomic E-state index is 0.106. The molecule has 0 radical (unpaired) electrons. The molecule has 0 saturated heterocycles. The van der Waals surface area contributed by atoms with Gasteiger partial charge in [-0.15, -0.1) is 0 Å². The molecule has 2 heteroatoms. The Morgan fingerprint density at radius 3 is 2.17 bits per heavy atom. The zero-order chi connectivity index (χ0) is 12.6. The highest BCUT2D eigenvalue weighted by atomic mass is 16.5. The maximum atomic E-state index is 5.51. The fourth-order valence-corrected chi connectivity index (χ4v) is 1.95. The molecule has 1 N–H and O–H groups in total. The Kier molecular flexibility index (Phi) is 4.94. The fraction of sp³-hybridized carbons (Fsp3) is 0.250. The van der Waals surface area contributed by atoms with Crippen molar-refractivity contribution in [1.29, 1.82) is 0 Å².